The molecule has 2 aromatic heterocycles. The van der Waals surface area contributed by atoms with Crippen LogP contribution in [0.25, 0.3) is 0 Å². The van der Waals surface area contributed by atoms with Crippen LogP contribution in [0.15, 0.2) is 18.5 Å². The van der Waals surface area contributed by atoms with E-state index in [0.717, 1.165) is 0 Å². The van der Waals surface area contributed by atoms with Gasteiger partial charge in [0, 0.05) is 9.75 Å². The second-order valence-corrected chi connectivity index (χ2v) is 5.42. The SMILES string of the molecule is COC(=O)c1cnc(NCc2cc(C)c(C)s2)cn1. The zero-order valence-electron chi connectivity index (χ0n) is 11.1. The van der Waals surface area contributed by atoms with Gasteiger partial charge in [0.25, 0.3) is 0 Å². The van der Waals surface area contributed by atoms with Gasteiger partial charge in [-0.15, -0.1) is 11.3 Å². The summed E-state index contributed by atoms with van der Waals surface area (Å²) < 4.78 is 4.56. The fourth-order valence-corrected chi connectivity index (χ4v) is 2.54. The lowest BCUT2D eigenvalue weighted by Gasteiger charge is -2.03. The standard InChI is InChI=1S/C13H15N3O2S/c1-8-4-10(19-9(8)2)5-15-12-7-14-11(6-16-12)13(17)18-3/h4,6-7H,5H2,1-3H3,(H,15,16). The Morgan fingerprint density at radius 3 is 2.68 bits per heavy atom. The number of hydrogen-bond donors (Lipinski definition) is 1. The summed E-state index contributed by atoms with van der Waals surface area (Å²) in [4.78, 5) is 21.9. The third-order valence-corrected chi connectivity index (χ3v) is 3.86. The fourth-order valence-electron chi connectivity index (χ4n) is 1.54. The van der Waals surface area contributed by atoms with Crippen LogP contribution in [-0.4, -0.2) is 23.0 Å². The Kier molecular flexibility index (Phi) is 4.11. The lowest BCUT2D eigenvalue weighted by molar-refractivity contribution is 0.0593. The molecule has 0 aromatic carbocycles. The van der Waals surface area contributed by atoms with E-state index < -0.39 is 5.97 Å². The molecule has 2 rings (SSSR count). The monoisotopic (exact) mass is 277 g/mol. The van der Waals surface area contributed by atoms with Crippen LogP contribution < -0.4 is 5.32 Å². The van der Waals surface area contributed by atoms with E-state index in [1.165, 1.54) is 34.8 Å². The molecule has 1 N–H and O–H groups in total. The summed E-state index contributed by atoms with van der Waals surface area (Å²) in [5, 5.41) is 3.17. The highest BCUT2D eigenvalue weighted by molar-refractivity contribution is 7.12. The van der Waals surface area contributed by atoms with E-state index in [9.17, 15) is 4.79 Å². The fraction of sp³-hybridized carbons (Fsp3) is 0.308. The van der Waals surface area contributed by atoms with Gasteiger partial charge < -0.3 is 10.1 Å². The number of aromatic nitrogens is 2. The highest BCUT2D eigenvalue weighted by atomic mass is 32.1. The van der Waals surface area contributed by atoms with Crippen molar-refractivity contribution in [2.45, 2.75) is 20.4 Å². The third kappa shape index (κ3) is 3.29. The van der Waals surface area contributed by atoms with Crippen molar-refractivity contribution >= 4 is 23.1 Å². The molecular weight excluding hydrogens is 262 g/mol. The number of rotatable bonds is 4. The maximum absolute atomic E-state index is 11.2. The van der Waals surface area contributed by atoms with Gasteiger partial charge in [-0.3, -0.25) is 0 Å². The van der Waals surface area contributed by atoms with E-state index in [-0.39, 0.29) is 5.69 Å². The van der Waals surface area contributed by atoms with Crippen LogP contribution >= 0.6 is 11.3 Å². The number of ether oxygens (including phenoxy) is 1. The van der Waals surface area contributed by atoms with E-state index in [2.05, 4.69) is 39.9 Å². The zero-order chi connectivity index (χ0) is 13.8. The summed E-state index contributed by atoms with van der Waals surface area (Å²) in [7, 11) is 1.32. The molecule has 19 heavy (non-hydrogen) atoms. The normalized spacial score (nSPS) is 10.3. The molecule has 0 bridgehead atoms. The Bertz CT molecular complexity index is 559. The number of esters is 1. The number of methoxy groups -OCH3 is 1. The molecule has 0 spiro atoms. The van der Waals surface area contributed by atoms with E-state index in [4.69, 9.17) is 0 Å². The minimum absolute atomic E-state index is 0.205. The second-order valence-electron chi connectivity index (χ2n) is 4.08. The largest absolute Gasteiger partial charge is 0.464 e. The average molecular weight is 277 g/mol. The van der Waals surface area contributed by atoms with Crippen molar-refractivity contribution in [3.05, 3.63) is 39.5 Å². The zero-order valence-corrected chi connectivity index (χ0v) is 11.9. The molecule has 0 radical (unpaired) electrons. The van der Waals surface area contributed by atoms with Crippen LogP contribution in [0.4, 0.5) is 5.82 Å². The average Bonchev–Trinajstić information content (AvgIpc) is 2.75. The number of thiophene rings is 1. The predicted molar refractivity (Wildman–Crippen MR) is 74.5 cm³/mol. The van der Waals surface area contributed by atoms with Crippen LogP contribution in [0.2, 0.25) is 0 Å². The molecule has 5 nitrogen and oxygen atoms in total. The van der Waals surface area contributed by atoms with Crippen molar-refractivity contribution in [2.24, 2.45) is 0 Å². The Hall–Kier alpha value is -1.95. The van der Waals surface area contributed by atoms with Crippen molar-refractivity contribution in [1.82, 2.24) is 9.97 Å². The lowest BCUT2D eigenvalue weighted by Crippen LogP contribution is -2.07. The molecule has 2 aromatic rings. The Balaban J connectivity index is 1.98. The highest BCUT2D eigenvalue weighted by Crippen LogP contribution is 2.21. The molecule has 0 aliphatic heterocycles. The van der Waals surface area contributed by atoms with Gasteiger partial charge in [-0.2, -0.15) is 0 Å². The number of anilines is 1. The lowest BCUT2D eigenvalue weighted by atomic mass is 10.3. The molecule has 100 valence electrons. The summed E-state index contributed by atoms with van der Waals surface area (Å²) in [6.07, 6.45) is 2.93. The van der Waals surface area contributed by atoms with Gasteiger partial charge in [-0.25, -0.2) is 14.8 Å². The van der Waals surface area contributed by atoms with Crippen molar-refractivity contribution in [2.75, 3.05) is 12.4 Å². The first-order valence-electron chi connectivity index (χ1n) is 5.80. The Labute approximate surface area is 115 Å². The summed E-state index contributed by atoms with van der Waals surface area (Å²) in [5.41, 5.74) is 1.50. The van der Waals surface area contributed by atoms with E-state index in [1.54, 1.807) is 11.3 Å². The summed E-state index contributed by atoms with van der Waals surface area (Å²) in [6.45, 7) is 4.90. The highest BCUT2D eigenvalue weighted by Gasteiger charge is 2.07. The molecule has 0 aliphatic carbocycles. The number of nitrogens with zero attached hydrogens (tertiary/aromatic N) is 2. The Morgan fingerprint density at radius 2 is 2.16 bits per heavy atom. The first kappa shape index (κ1) is 13.5. The van der Waals surface area contributed by atoms with Crippen LogP contribution in [0.5, 0.6) is 0 Å². The van der Waals surface area contributed by atoms with Gasteiger partial charge in [-0.05, 0) is 25.5 Å². The summed E-state index contributed by atoms with van der Waals surface area (Å²) in [5.74, 6) is 0.153. The molecule has 0 unspecified atom stereocenters. The van der Waals surface area contributed by atoms with Crippen molar-refractivity contribution < 1.29 is 9.53 Å². The minimum atomic E-state index is -0.483. The molecule has 0 amide bonds. The molecule has 0 fully saturated rings. The van der Waals surface area contributed by atoms with Gasteiger partial charge in [0.1, 0.15) is 5.82 Å². The molecular formula is C13H15N3O2S. The van der Waals surface area contributed by atoms with Crippen molar-refractivity contribution in [3.8, 4) is 0 Å². The number of aryl methyl sites for hydroxylation is 2. The maximum atomic E-state index is 11.2. The van der Waals surface area contributed by atoms with E-state index >= 15 is 0 Å². The first-order valence-corrected chi connectivity index (χ1v) is 6.62. The van der Waals surface area contributed by atoms with Crippen LogP contribution in [0, 0.1) is 13.8 Å². The molecule has 0 aliphatic rings. The van der Waals surface area contributed by atoms with Crippen molar-refractivity contribution in [3.63, 3.8) is 0 Å². The quantitative estimate of drug-likeness (QED) is 0.870. The Morgan fingerprint density at radius 1 is 1.37 bits per heavy atom. The molecule has 6 heteroatoms. The van der Waals surface area contributed by atoms with Gasteiger partial charge in [0.2, 0.25) is 0 Å². The minimum Gasteiger partial charge on any atom is -0.464 e. The van der Waals surface area contributed by atoms with Gasteiger partial charge >= 0.3 is 5.97 Å². The predicted octanol–water partition coefficient (Wildman–Crippen LogP) is 2.55. The number of carbonyl (C=O) groups excluding carboxylic acids is 1. The van der Waals surface area contributed by atoms with Crippen molar-refractivity contribution in [1.29, 1.82) is 0 Å². The van der Waals surface area contributed by atoms with Crippen LogP contribution in [-0.2, 0) is 11.3 Å². The topological polar surface area (TPSA) is 64.1 Å². The number of hydrogen-bond acceptors (Lipinski definition) is 6. The molecule has 2 heterocycles. The number of nitrogens with one attached hydrogen (secondary N) is 1. The van der Waals surface area contributed by atoms with Gasteiger partial charge in [-0.1, -0.05) is 0 Å². The number of carbonyl (C=O) groups is 1. The molecule has 0 saturated carbocycles. The van der Waals surface area contributed by atoms with Gasteiger partial charge in [0.05, 0.1) is 26.0 Å². The van der Waals surface area contributed by atoms with E-state index in [0.29, 0.717) is 12.4 Å². The second kappa shape index (κ2) is 5.79. The van der Waals surface area contributed by atoms with E-state index in [1.807, 2.05) is 0 Å². The summed E-state index contributed by atoms with van der Waals surface area (Å²) >= 11 is 1.76. The summed E-state index contributed by atoms with van der Waals surface area (Å²) in [6, 6.07) is 2.16. The third-order valence-electron chi connectivity index (χ3n) is 2.71. The van der Waals surface area contributed by atoms with Crippen LogP contribution in [0.1, 0.15) is 25.8 Å². The van der Waals surface area contributed by atoms with Gasteiger partial charge in [0.15, 0.2) is 5.69 Å². The molecule has 0 saturated heterocycles. The smallest absolute Gasteiger partial charge is 0.358 e. The first-order chi connectivity index (χ1) is 9.10. The molecule has 0 atom stereocenters. The maximum Gasteiger partial charge on any atom is 0.358 e. The van der Waals surface area contributed by atoms with Crippen LogP contribution in [0.3, 0.4) is 0 Å².